The molecule has 0 aromatic heterocycles. The van der Waals surface area contributed by atoms with Gasteiger partial charge in [0.2, 0.25) is 0 Å². The average molecular weight is 312 g/mol. The molecule has 1 aliphatic carbocycles. The topological polar surface area (TPSA) is 6.48 Å². The monoisotopic (exact) mass is 312 g/mol. The summed E-state index contributed by atoms with van der Waals surface area (Å²) in [7, 11) is 0. The SMILES string of the molecule is Fc1cc(F)c(CCN2CCN(C3CCCC3)CC2)c(F)c1. The zero-order valence-corrected chi connectivity index (χ0v) is 12.8. The summed E-state index contributed by atoms with van der Waals surface area (Å²) in [5.74, 6) is -2.41. The summed E-state index contributed by atoms with van der Waals surface area (Å²) in [5, 5.41) is 0. The zero-order valence-electron chi connectivity index (χ0n) is 12.8. The Morgan fingerprint density at radius 2 is 1.50 bits per heavy atom. The summed E-state index contributed by atoms with van der Waals surface area (Å²) < 4.78 is 40.1. The van der Waals surface area contributed by atoms with E-state index in [-0.39, 0.29) is 5.56 Å². The van der Waals surface area contributed by atoms with Crippen LogP contribution in [0, 0.1) is 17.5 Å². The van der Waals surface area contributed by atoms with Crippen molar-refractivity contribution in [1.82, 2.24) is 9.80 Å². The van der Waals surface area contributed by atoms with Gasteiger partial charge in [-0.1, -0.05) is 12.8 Å². The van der Waals surface area contributed by atoms with Crippen molar-refractivity contribution in [3.63, 3.8) is 0 Å². The number of benzene rings is 1. The van der Waals surface area contributed by atoms with Crippen LogP contribution in [0.25, 0.3) is 0 Å². The molecule has 0 bridgehead atoms. The Morgan fingerprint density at radius 1 is 0.909 bits per heavy atom. The molecule has 1 saturated heterocycles. The number of nitrogens with zero attached hydrogens (tertiary/aromatic N) is 2. The Morgan fingerprint density at radius 3 is 2.09 bits per heavy atom. The van der Waals surface area contributed by atoms with Gasteiger partial charge in [0, 0.05) is 56.5 Å². The third kappa shape index (κ3) is 3.63. The second kappa shape index (κ2) is 7.01. The van der Waals surface area contributed by atoms with Gasteiger partial charge in [-0.3, -0.25) is 4.90 Å². The van der Waals surface area contributed by atoms with E-state index in [0.717, 1.165) is 44.4 Å². The van der Waals surface area contributed by atoms with Gasteiger partial charge in [0.15, 0.2) is 0 Å². The van der Waals surface area contributed by atoms with E-state index in [1.807, 2.05) is 0 Å². The van der Waals surface area contributed by atoms with Gasteiger partial charge in [-0.15, -0.1) is 0 Å². The number of hydrogen-bond acceptors (Lipinski definition) is 2. The van der Waals surface area contributed by atoms with Crippen LogP contribution >= 0.6 is 0 Å². The summed E-state index contributed by atoms with van der Waals surface area (Å²) in [6.45, 7) is 4.60. The predicted octanol–water partition coefficient (Wildman–Crippen LogP) is 3.21. The fourth-order valence-electron chi connectivity index (χ4n) is 3.70. The van der Waals surface area contributed by atoms with Gasteiger partial charge in [0.25, 0.3) is 0 Å². The highest BCUT2D eigenvalue weighted by Crippen LogP contribution is 2.24. The summed E-state index contributed by atoms with van der Waals surface area (Å²) in [6.07, 6.45) is 5.60. The molecule has 122 valence electrons. The quantitative estimate of drug-likeness (QED) is 0.842. The molecule has 1 heterocycles. The fraction of sp³-hybridized carbons (Fsp3) is 0.647. The van der Waals surface area contributed by atoms with Crippen LogP contribution in [0.4, 0.5) is 13.2 Å². The van der Waals surface area contributed by atoms with E-state index in [2.05, 4.69) is 9.80 Å². The van der Waals surface area contributed by atoms with Crippen molar-refractivity contribution in [2.24, 2.45) is 0 Å². The molecule has 5 heteroatoms. The van der Waals surface area contributed by atoms with Gasteiger partial charge in [-0.05, 0) is 19.3 Å². The molecule has 0 unspecified atom stereocenters. The molecule has 1 aliphatic heterocycles. The van der Waals surface area contributed by atoms with Crippen LogP contribution in [0.5, 0.6) is 0 Å². The van der Waals surface area contributed by atoms with Crippen molar-refractivity contribution in [1.29, 1.82) is 0 Å². The highest BCUT2D eigenvalue weighted by atomic mass is 19.1. The standard InChI is InChI=1S/C17H23F3N2/c18-13-11-16(19)15(17(20)12-13)5-6-21-7-9-22(10-8-21)14-3-1-2-4-14/h11-12,14H,1-10H2. The molecule has 1 aromatic rings. The molecular formula is C17H23F3N2. The Kier molecular flexibility index (Phi) is 5.03. The van der Waals surface area contributed by atoms with Crippen molar-refractivity contribution in [3.8, 4) is 0 Å². The van der Waals surface area contributed by atoms with Crippen molar-refractivity contribution >= 4 is 0 Å². The lowest BCUT2D eigenvalue weighted by atomic mass is 10.1. The van der Waals surface area contributed by atoms with Crippen molar-refractivity contribution in [3.05, 3.63) is 35.1 Å². The van der Waals surface area contributed by atoms with Crippen LogP contribution in [0.1, 0.15) is 31.2 Å². The van der Waals surface area contributed by atoms with Crippen molar-refractivity contribution in [2.75, 3.05) is 32.7 Å². The van der Waals surface area contributed by atoms with Crippen molar-refractivity contribution < 1.29 is 13.2 Å². The van der Waals surface area contributed by atoms with E-state index >= 15 is 0 Å². The fourth-order valence-corrected chi connectivity index (χ4v) is 3.70. The lowest BCUT2D eigenvalue weighted by Gasteiger charge is -2.38. The molecule has 0 amide bonds. The van der Waals surface area contributed by atoms with Crippen LogP contribution in [-0.4, -0.2) is 48.6 Å². The van der Waals surface area contributed by atoms with Gasteiger partial charge in [-0.2, -0.15) is 0 Å². The molecule has 0 atom stereocenters. The smallest absolute Gasteiger partial charge is 0.132 e. The van der Waals surface area contributed by atoms with Crippen LogP contribution in [0.3, 0.4) is 0 Å². The normalized spacial score (nSPS) is 21.6. The maximum absolute atomic E-state index is 13.6. The van der Waals surface area contributed by atoms with Crippen molar-refractivity contribution in [2.45, 2.75) is 38.1 Å². The molecule has 2 aliphatic rings. The minimum absolute atomic E-state index is 0.000350. The second-order valence-electron chi connectivity index (χ2n) is 6.41. The first-order valence-corrected chi connectivity index (χ1v) is 8.23. The average Bonchev–Trinajstić information content (AvgIpc) is 3.01. The number of halogens is 3. The summed E-state index contributed by atoms with van der Waals surface area (Å²) >= 11 is 0. The van der Waals surface area contributed by atoms with Gasteiger partial charge < -0.3 is 4.90 Å². The van der Waals surface area contributed by atoms with Gasteiger partial charge in [-0.25, -0.2) is 13.2 Å². The molecule has 1 aromatic carbocycles. The van der Waals surface area contributed by atoms with E-state index in [9.17, 15) is 13.2 Å². The van der Waals surface area contributed by atoms with E-state index in [1.165, 1.54) is 25.7 Å². The zero-order chi connectivity index (χ0) is 15.5. The third-order valence-electron chi connectivity index (χ3n) is 5.03. The van der Waals surface area contributed by atoms with Crippen LogP contribution in [0.15, 0.2) is 12.1 Å². The number of piperazine rings is 1. The van der Waals surface area contributed by atoms with Crippen LogP contribution in [0.2, 0.25) is 0 Å². The first-order chi connectivity index (χ1) is 10.6. The summed E-state index contributed by atoms with van der Waals surface area (Å²) in [6, 6.07) is 2.27. The van der Waals surface area contributed by atoms with Gasteiger partial charge >= 0.3 is 0 Å². The molecule has 2 fully saturated rings. The molecule has 0 spiro atoms. The minimum atomic E-state index is -0.857. The Hall–Kier alpha value is -1.07. The Labute approximate surface area is 129 Å². The first kappa shape index (κ1) is 15.8. The lowest BCUT2D eigenvalue weighted by molar-refractivity contribution is 0.0984. The number of hydrogen-bond donors (Lipinski definition) is 0. The molecular weight excluding hydrogens is 289 g/mol. The molecule has 3 rings (SSSR count). The van der Waals surface area contributed by atoms with Gasteiger partial charge in [0.1, 0.15) is 17.5 Å². The first-order valence-electron chi connectivity index (χ1n) is 8.23. The van der Waals surface area contributed by atoms with Gasteiger partial charge in [0.05, 0.1) is 0 Å². The largest absolute Gasteiger partial charge is 0.300 e. The number of rotatable bonds is 4. The molecule has 0 radical (unpaired) electrons. The molecule has 22 heavy (non-hydrogen) atoms. The summed E-state index contributed by atoms with van der Waals surface area (Å²) in [4.78, 5) is 4.80. The molecule has 2 nitrogen and oxygen atoms in total. The maximum Gasteiger partial charge on any atom is 0.132 e. The molecule has 1 saturated carbocycles. The van der Waals surface area contributed by atoms with Crippen LogP contribution < -0.4 is 0 Å². The van der Waals surface area contributed by atoms with Crippen LogP contribution in [-0.2, 0) is 6.42 Å². The Balaban J connectivity index is 1.49. The Bertz CT molecular complexity index is 484. The summed E-state index contributed by atoms with van der Waals surface area (Å²) in [5.41, 5.74) is -0.000350. The van der Waals surface area contributed by atoms with E-state index in [4.69, 9.17) is 0 Å². The second-order valence-corrected chi connectivity index (χ2v) is 6.41. The highest BCUT2D eigenvalue weighted by molar-refractivity contribution is 5.21. The highest BCUT2D eigenvalue weighted by Gasteiger charge is 2.26. The molecule has 0 N–H and O–H groups in total. The van der Waals surface area contributed by atoms with E-state index in [0.29, 0.717) is 13.0 Å². The van der Waals surface area contributed by atoms with E-state index in [1.54, 1.807) is 0 Å². The minimum Gasteiger partial charge on any atom is -0.300 e. The lowest BCUT2D eigenvalue weighted by Crippen LogP contribution is -2.50. The maximum atomic E-state index is 13.6. The third-order valence-corrected chi connectivity index (χ3v) is 5.03. The predicted molar refractivity (Wildman–Crippen MR) is 80.3 cm³/mol. The van der Waals surface area contributed by atoms with E-state index < -0.39 is 17.5 Å².